The third-order valence-corrected chi connectivity index (χ3v) is 5.33. The van der Waals surface area contributed by atoms with Crippen molar-refractivity contribution in [3.8, 4) is 0 Å². The smallest absolute Gasteiger partial charge is 0.241 e. The first kappa shape index (κ1) is 17.6. The number of nitrogens with two attached hydrogens (primary N) is 1. The van der Waals surface area contributed by atoms with Crippen LogP contribution in [0.5, 0.6) is 0 Å². The Bertz CT molecular complexity index is 716. The van der Waals surface area contributed by atoms with E-state index in [1.165, 1.54) is 5.56 Å². The van der Waals surface area contributed by atoms with E-state index in [0.29, 0.717) is 18.4 Å². The third kappa shape index (κ3) is 3.91. The van der Waals surface area contributed by atoms with Gasteiger partial charge < -0.3 is 11.1 Å². The molecule has 1 amide bonds. The van der Waals surface area contributed by atoms with Crippen molar-refractivity contribution in [2.24, 2.45) is 11.7 Å². The zero-order valence-electron chi connectivity index (χ0n) is 15.0. The molecule has 0 saturated carbocycles. The number of hydrogen-bond acceptors (Lipinski definition) is 3. The number of rotatable bonds is 5. The fraction of sp³-hybridized carbons (Fsp3) is 0.381. The van der Waals surface area contributed by atoms with Crippen LogP contribution in [-0.2, 0) is 4.79 Å². The molecule has 0 spiro atoms. The van der Waals surface area contributed by atoms with Gasteiger partial charge in [0.1, 0.15) is 0 Å². The van der Waals surface area contributed by atoms with E-state index in [2.05, 4.69) is 34.5 Å². The van der Waals surface area contributed by atoms with E-state index in [1.807, 2.05) is 44.2 Å². The molecule has 1 fully saturated rings. The fourth-order valence-corrected chi connectivity index (χ4v) is 3.65. The number of aryl methyl sites for hydroxylation is 1. The summed E-state index contributed by atoms with van der Waals surface area (Å²) in [6, 6.07) is 18.2. The van der Waals surface area contributed by atoms with Gasteiger partial charge >= 0.3 is 0 Å². The molecule has 1 heterocycles. The Hall–Kier alpha value is -2.17. The third-order valence-electron chi connectivity index (χ3n) is 5.33. The van der Waals surface area contributed by atoms with E-state index in [9.17, 15) is 4.79 Å². The van der Waals surface area contributed by atoms with Gasteiger partial charge in [0.25, 0.3) is 0 Å². The minimum absolute atomic E-state index is 0.0405. The van der Waals surface area contributed by atoms with Crippen molar-refractivity contribution in [2.75, 3.05) is 25.0 Å². The molecule has 1 aliphatic rings. The molecular weight excluding hydrogens is 310 g/mol. The summed E-state index contributed by atoms with van der Waals surface area (Å²) in [6.45, 7) is 6.36. The number of nitrogens with one attached hydrogen (secondary N) is 1. The lowest BCUT2D eigenvalue weighted by Gasteiger charge is -2.24. The van der Waals surface area contributed by atoms with Crippen molar-refractivity contribution in [2.45, 2.75) is 25.8 Å². The molecule has 1 unspecified atom stereocenters. The molecule has 0 radical (unpaired) electrons. The van der Waals surface area contributed by atoms with Gasteiger partial charge in [0.2, 0.25) is 5.91 Å². The highest BCUT2D eigenvalue weighted by Crippen LogP contribution is 2.33. The summed E-state index contributed by atoms with van der Waals surface area (Å²) in [5.74, 6) is 0.815. The average Bonchev–Trinajstić information content (AvgIpc) is 3.08. The minimum atomic E-state index is -0.178. The summed E-state index contributed by atoms with van der Waals surface area (Å²) in [5.41, 5.74) is 9.29. The van der Waals surface area contributed by atoms with Crippen LogP contribution in [0.4, 0.5) is 5.69 Å². The van der Waals surface area contributed by atoms with Gasteiger partial charge in [0.15, 0.2) is 0 Å². The first-order valence-electron chi connectivity index (χ1n) is 8.95. The molecule has 0 aliphatic carbocycles. The Kier molecular flexibility index (Phi) is 5.51. The first-order chi connectivity index (χ1) is 12.1. The number of carbonyl (C=O) groups excluding carboxylic acids is 1. The number of anilines is 1. The Labute approximate surface area is 150 Å². The maximum absolute atomic E-state index is 12.7. The van der Waals surface area contributed by atoms with E-state index in [-0.39, 0.29) is 11.9 Å². The number of likely N-dealkylation sites (tertiary alicyclic amines) is 1. The number of benzene rings is 2. The Morgan fingerprint density at radius 2 is 1.84 bits per heavy atom. The van der Waals surface area contributed by atoms with Crippen molar-refractivity contribution >= 4 is 11.6 Å². The molecule has 0 aromatic heterocycles. The highest BCUT2D eigenvalue weighted by atomic mass is 16.2. The highest BCUT2D eigenvalue weighted by molar-refractivity contribution is 5.95. The largest absolute Gasteiger partial charge is 0.330 e. The predicted octanol–water partition coefficient (Wildman–Crippen LogP) is 3.00. The lowest BCUT2D eigenvalue weighted by molar-refractivity contribution is -0.120. The van der Waals surface area contributed by atoms with Crippen LogP contribution in [0.3, 0.4) is 0 Å². The van der Waals surface area contributed by atoms with Crippen LogP contribution < -0.4 is 11.1 Å². The predicted molar refractivity (Wildman–Crippen MR) is 103 cm³/mol. The van der Waals surface area contributed by atoms with Crippen molar-refractivity contribution < 1.29 is 4.79 Å². The number of amides is 1. The second-order valence-corrected chi connectivity index (χ2v) is 6.95. The molecule has 25 heavy (non-hydrogen) atoms. The maximum Gasteiger partial charge on any atom is 0.241 e. The van der Waals surface area contributed by atoms with Gasteiger partial charge in [0.05, 0.1) is 6.04 Å². The Morgan fingerprint density at radius 3 is 2.52 bits per heavy atom. The van der Waals surface area contributed by atoms with Crippen molar-refractivity contribution in [3.05, 3.63) is 65.7 Å². The van der Waals surface area contributed by atoms with E-state index in [4.69, 9.17) is 5.73 Å². The van der Waals surface area contributed by atoms with Gasteiger partial charge in [-0.15, -0.1) is 0 Å². The van der Waals surface area contributed by atoms with Crippen LogP contribution in [0.15, 0.2) is 54.6 Å². The average molecular weight is 337 g/mol. The van der Waals surface area contributed by atoms with Gasteiger partial charge in [-0.1, -0.05) is 48.5 Å². The molecule has 2 aromatic rings. The van der Waals surface area contributed by atoms with Crippen LogP contribution >= 0.6 is 0 Å². The van der Waals surface area contributed by atoms with Gasteiger partial charge in [-0.3, -0.25) is 9.69 Å². The number of nitrogens with zero attached hydrogens (tertiary/aromatic N) is 1. The molecule has 3 N–H and O–H groups in total. The monoisotopic (exact) mass is 337 g/mol. The summed E-state index contributed by atoms with van der Waals surface area (Å²) in [5, 5.41) is 3.06. The van der Waals surface area contributed by atoms with Crippen molar-refractivity contribution in [3.63, 3.8) is 0 Å². The quantitative estimate of drug-likeness (QED) is 0.882. The molecule has 4 heteroatoms. The van der Waals surface area contributed by atoms with Crippen LogP contribution in [-0.4, -0.2) is 36.5 Å². The van der Waals surface area contributed by atoms with Crippen LogP contribution in [0, 0.1) is 12.8 Å². The number of para-hydroxylation sites is 1. The Morgan fingerprint density at radius 1 is 1.16 bits per heavy atom. The van der Waals surface area contributed by atoms with Crippen molar-refractivity contribution in [1.82, 2.24) is 4.90 Å². The zero-order valence-corrected chi connectivity index (χ0v) is 15.0. The van der Waals surface area contributed by atoms with Crippen LogP contribution in [0.2, 0.25) is 0 Å². The topological polar surface area (TPSA) is 58.4 Å². The molecule has 0 bridgehead atoms. The minimum Gasteiger partial charge on any atom is -0.330 e. The fourth-order valence-electron chi connectivity index (χ4n) is 3.65. The van der Waals surface area contributed by atoms with Crippen molar-refractivity contribution in [1.29, 1.82) is 0 Å². The lowest BCUT2D eigenvalue weighted by atomic mass is 9.89. The SMILES string of the molecule is Cc1ccccc1NC(=O)C(C)N1C[C@@H](CN)[C@H](c2ccccc2)C1. The number of hydrogen-bond donors (Lipinski definition) is 2. The summed E-state index contributed by atoms with van der Waals surface area (Å²) in [4.78, 5) is 15.0. The summed E-state index contributed by atoms with van der Waals surface area (Å²) >= 11 is 0. The second-order valence-electron chi connectivity index (χ2n) is 6.95. The first-order valence-corrected chi connectivity index (χ1v) is 8.95. The standard InChI is InChI=1S/C21H27N3O/c1-15-8-6-7-11-20(15)23-21(25)16(2)24-13-18(12-22)19(14-24)17-9-4-3-5-10-17/h3-11,16,18-19H,12-14,22H2,1-2H3,(H,23,25)/t16?,18-,19+/m1/s1. The van der Waals surface area contributed by atoms with Gasteiger partial charge in [-0.25, -0.2) is 0 Å². The molecule has 3 rings (SSSR count). The highest BCUT2D eigenvalue weighted by Gasteiger charge is 2.36. The van der Waals surface area contributed by atoms with E-state index < -0.39 is 0 Å². The molecule has 4 nitrogen and oxygen atoms in total. The van der Waals surface area contributed by atoms with Crippen LogP contribution in [0.1, 0.15) is 24.0 Å². The summed E-state index contributed by atoms with van der Waals surface area (Å²) in [7, 11) is 0. The molecule has 3 atom stereocenters. The van der Waals surface area contributed by atoms with Gasteiger partial charge in [0, 0.05) is 24.7 Å². The summed E-state index contributed by atoms with van der Waals surface area (Å²) in [6.07, 6.45) is 0. The molecule has 1 saturated heterocycles. The molecule has 2 aromatic carbocycles. The molecule has 132 valence electrons. The normalized spacial score (nSPS) is 21.9. The Balaban J connectivity index is 1.69. The molecular formula is C21H27N3O. The molecule has 1 aliphatic heterocycles. The van der Waals surface area contributed by atoms with E-state index in [1.54, 1.807) is 0 Å². The van der Waals surface area contributed by atoms with Gasteiger partial charge in [-0.05, 0) is 43.5 Å². The van der Waals surface area contributed by atoms with Gasteiger partial charge in [-0.2, -0.15) is 0 Å². The number of carbonyl (C=O) groups is 1. The van der Waals surface area contributed by atoms with E-state index in [0.717, 1.165) is 24.3 Å². The zero-order chi connectivity index (χ0) is 17.8. The summed E-state index contributed by atoms with van der Waals surface area (Å²) < 4.78 is 0. The lowest BCUT2D eigenvalue weighted by Crippen LogP contribution is -2.41. The van der Waals surface area contributed by atoms with Crippen LogP contribution in [0.25, 0.3) is 0 Å². The second kappa shape index (κ2) is 7.81. The van der Waals surface area contributed by atoms with E-state index >= 15 is 0 Å². The maximum atomic E-state index is 12.7.